The van der Waals surface area contributed by atoms with Gasteiger partial charge in [0, 0.05) is 6.54 Å². The maximum Gasteiger partial charge on any atom is 0.362 e. The number of aryl methyl sites for hydroxylation is 1. The molecule has 19 heavy (non-hydrogen) atoms. The van der Waals surface area contributed by atoms with E-state index in [1.165, 1.54) is 0 Å². The first-order chi connectivity index (χ1) is 9.06. The minimum absolute atomic E-state index is 0.173. The maximum atomic E-state index is 12.1. The van der Waals surface area contributed by atoms with Crippen LogP contribution in [0.4, 0.5) is 0 Å². The van der Waals surface area contributed by atoms with Crippen molar-refractivity contribution in [3.8, 4) is 5.69 Å². The SMILES string of the molecule is CCn1nc(C(=O)O)c(=O)n(-c2ccccc2)c1=O. The van der Waals surface area contributed by atoms with E-state index in [9.17, 15) is 14.4 Å². The van der Waals surface area contributed by atoms with Crippen molar-refractivity contribution in [3.05, 3.63) is 56.9 Å². The Kier molecular flexibility index (Phi) is 3.28. The van der Waals surface area contributed by atoms with Gasteiger partial charge in [-0.1, -0.05) is 18.2 Å². The van der Waals surface area contributed by atoms with Crippen molar-refractivity contribution in [1.29, 1.82) is 0 Å². The summed E-state index contributed by atoms with van der Waals surface area (Å²) in [4.78, 5) is 35.1. The van der Waals surface area contributed by atoms with Crippen LogP contribution in [-0.4, -0.2) is 25.4 Å². The molecule has 1 aromatic carbocycles. The first-order valence-electron chi connectivity index (χ1n) is 5.59. The highest BCUT2D eigenvalue weighted by Gasteiger charge is 2.18. The quantitative estimate of drug-likeness (QED) is 0.846. The van der Waals surface area contributed by atoms with E-state index < -0.39 is 22.9 Å². The Balaban J connectivity index is 2.87. The Morgan fingerprint density at radius 3 is 2.42 bits per heavy atom. The summed E-state index contributed by atoms with van der Waals surface area (Å²) in [6.07, 6.45) is 0. The molecule has 0 spiro atoms. The molecule has 0 atom stereocenters. The van der Waals surface area contributed by atoms with Crippen LogP contribution in [0.25, 0.3) is 5.69 Å². The fourth-order valence-electron chi connectivity index (χ4n) is 1.66. The molecule has 0 radical (unpaired) electrons. The molecule has 0 bridgehead atoms. The second-order valence-corrected chi connectivity index (χ2v) is 3.73. The van der Waals surface area contributed by atoms with Crippen LogP contribution in [0.3, 0.4) is 0 Å². The lowest BCUT2D eigenvalue weighted by Crippen LogP contribution is -2.43. The topological polar surface area (TPSA) is 94.2 Å². The monoisotopic (exact) mass is 261 g/mol. The highest BCUT2D eigenvalue weighted by molar-refractivity contribution is 5.84. The van der Waals surface area contributed by atoms with E-state index >= 15 is 0 Å². The van der Waals surface area contributed by atoms with E-state index in [-0.39, 0.29) is 6.54 Å². The molecule has 0 amide bonds. The number of carboxylic acids is 1. The zero-order valence-corrected chi connectivity index (χ0v) is 10.1. The minimum atomic E-state index is -1.46. The third-order valence-electron chi connectivity index (χ3n) is 2.55. The molecule has 0 aliphatic rings. The van der Waals surface area contributed by atoms with Gasteiger partial charge in [0.15, 0.2) is 0 Å². The third kappa shape index (κ3) is 2.17. The van der Waals surface area contributed by atoms with Gasteiger partial charge in [0.25, 0.3) is 5.56 Å². The van der Waals surface area contributed by atoms with E-state index in [1.54, 1.807) is 37.3 Å². The van der Waals surface area contributed by atoms with Gasteiger partial charge in [-0.25, -0.2) is 18.8 Å². The van der Waals surface area contributed by atoms with E-state index in [4.69, 9.17) is 5.11 Å². The Morgan fingerprint density at radius 2 is 1.89 bits per heavy atom. The second kappa shape index (κ2) is 4.89. The molecule has 7 nitrogen and oxygen atoms in total. The predicted molar refractivity (Wildman–Crippen MR) is 66.7 cm³/mol. The van der Waals surface area contributed by atoms with Gasteiger partial charge < -0.3 is 5.11 Å². The highest BCUT2D eigenvalue weighted by atomic mass is 16.4. The van der Waals surface area contributed by atoms with Crippen LogP contribution in [0, 0.1) is 0 Å². The van der Waals surface area contributed by atoms with Crippen LogP contribution in [0.5, 0.6) is 0 Å². The van der Waals surface area contributed by atoms with Crippen LogP contribution in [0.15, 0.2) is 39.9 Å². The Labute approximate surface area is 107 Å². The van der Waals surface area contributed by atoms with Gasteiger partial charge in [0.1, 0.15) is 0 Å². The fraction of sp³-hybridized carbons (Fsp3) is 0.167. The average molecular weight is 261 g/mol. The number of hydrogen-bond donors (Lipinski definition) is 1. The summed E-state index contributed by atoms with van der Waals surface area (Å²) < 4.78 is 1.75. The number of hydrogen-bond acceptors (Lipinski definition) is 4. The number of nitrogens with zero attached hydrogens (tertiary/aromatic N) is 3. The van der Waals surface area contributed by atoms with E-state index in [2.05, 4.69) is 5.10 Å². The molecule has 0 aliphatic carbocycles. The zero-order valence-electron chi connectivity index (χ0n) is 10.1. The Bertz CT molecular complexity index is 731. The standard InChI is InChI=1S/C12H11N3O4/c1-2-14-12(19)15(8-6-4-3-5-7-8)10(16)9(13-14)11(17)18/h3-7H,2H2,1H3,(H,17,18). The first-order valence-corrected chi connectivity index (χ1v) is 5.59. The highest BCUT2D eigenvalue weighted by Crippen LogP contribution is 2.00. The van der Waals surface area contributed by atoms with Gasteiger partial charge in [-0.15, -0.1) is 0 Å². The number of para-hydroxylation sites is 1. The lowest BCUT2D eigenvalue weighted by Gasteiger charge is -2.08. The smallest absolute Gasteiger partial charge is 0.362 e. The molecule has 0 saturated carbocycles. The van der Waals surface area contributed by atoms with Crippen LogP contribution < -0.4 is 11.2 Å². The van der Waals surface area contributed by atoms with Gasteiger partial charge in [0.05, 0.1) is 5.69 Å². The molecular weight excluding hydrogens is 250 g/mol. The summed E-state index contributed by atoms with van der Waals surface area (Å²) in [7, 11) is 0. The molecule has 2 rings (SSSR count). The molecule has 1 N–H and O–H groups in total. The van der Waals surface area contributed by atoms with Crippen LogP contribution in [-0.2, 0) is 6.54 Å². The summed E-state index contributed by atoms with van der Waals surface area (Å²) >= 11 is 0. The molecular formula is C12H11N3O4. The average Bonchev–Trinajstić information content (AvgIpc) is 2.40. The van der Waals surface area contributed by atoms with Crippen LogP contribution >= 0.6 is 0 Å². The third-order valence-corrected chi connectivity index (χ3v) is 2.55. The lowest BCUT2D eigenvalue weighted by molar-refractivity contribution is 0.0684. The fourth-order valence-corrected chi connectivity index (χ4v) is 1.66. The van der Waals surface area contributed by atoms with Gasteiger partial charge in [-0.05, 0) is 19.1 Å². The molecule has 98 valence electrons. The molecule has 1 heterocycles. The van der Waals surface area contributed by atoms with Crippen LogP contribution in [0.1, 0.15) is 17.4 Å². The van der Waals surface area contributed by atoms with Crippen LogP contribution in [0.2, 0.25) is 0 Å². The summed E-state index contributed by atoms with van der Waals surface area (Å²) in [5, 5.41) is 12.5. The summed E-state index contributed by atoms with van der Waals surface area (Å²) in [5.41, 5.74) is -1.97. The zero-order chi connectivity index (χ0) is 14.0. The van der Waals surface area contributed by atoms with Crippen molar-refractivity contribution in [1.82, 2.24) is 14.3 Å². The van der Waals surface area contributed by atoms with Crippen molar-refractivity contribution in [2.75, 3.05) is 0 Å². The van der Waals surface area contributed by atoms with Gasteiger partial charge in [-0.2, -0.15) is 5.10 Å². The van der Waals surface area contributed by atoms with Gasteiger partial charge in [-0.3, -0.25) is 4.79 Å². The number of carbonyl (C=O) groups is 1. The molecule has 0 saturated heterocycles. The Morgan fingerprint density at radius 1 is 1.26 bits per heavy atom. The Hall–Kier alpha value is -2.70. The van der Waals surface area contributed by atoms with Crippen molar-refractivity contribution in [2.24, 2.45) is 0 Å². The number of carboxylic acid groups (broad SMARTS) is 1. The number of aromatic carboxylic acids is 1. The molecule has 2 aromatic rings. The van der Waals surface area contributed by atoms with Crippen molar-refractivity contribution < 1.29 is 9.90 Å². The minimum Gasteiger partial charge on any atom is -0.476 e. The molecule has 0 unspecified atom stereocenters. The normalized spacial score (nSPS) is 10.4. The van der Waals surface area contributed by atoms with Crippen molar-refractivity contribution >= 4 is 5.97 Å². The largest absolute Gasteiger partial charge is 0.476 e. The lowest BCUT2D eigenvalue weighted by atomic mass is 10.3. The summed E-state index contributed by atoms with van der Waals surface area (Å²) in [5.74, 6) is -1.46. The molecule has 0 fully saturated rings. The number of aromatic nitrogens is 3. The molecule has 1 aromatic heterocycles. The van der Waals surface area contributed by atoms with E-state index in [0.717, 1.165) is 9.25 Å². The number of benzene rings is 1. The summed E-state index contributed by atoms with van der Waals surface area (Å²) in [6.45, 7) is 1.81. The summed E-state index contributed by atoms with van der Waals surface area (Å²) in [6, 6.07) is 8.13. The van der Waals surface area contributed by atoms with Crippen molar-refractivity contribution in [3.63, 3.8) is 0 Å². The van der Waals surface area contributed by atoms with Gasteiger partial charge >= 0.3 is 11.7 Å². The number of rotatable bonds is 3. The van der Waals surface area contributed by atoms with Gasteiger partial charge in [0.2, 0.25) is 5.69 Å². The van der Waals surface area contributed by atoms with E-state index in [1.807, 2.05) is 0 Å². The second-order valence-electron chi connectivity index (χ2n) is 3.73. The van der Waals surface area contributed by atoms with Crippen molar-refractivity contribution in [2.45, 2.75) is 13.5 Å². The molecule has 0 aliphatic heterocycles. The molecule has 7 heteroatoms. The maximum absolute atomic E-state index is 12.1. The first kappa shape index (κ1) is 12.7. The van der Waals surface area contributed by atoms with E-state index in [0.29, 0.717) is 5.69 Å². The predicted octanol–water partition coefficient (Wildman–Crippen LogP) is 0.112.